The maximum atomic E-state index is 9.83. The van der Waals surface area contributed by atoms with Crippen molar-refractivity contribution in [3.05, 3.63) is 0 Å². The van der Waals surface area contributed by atoms with Gasteiger partial charge in [-0.15, -0.1) is 0 Å². The van der Waals surface area contributed by atoms with E-state index in [1.165, 1.54) is 20.8 Å². The van der Waals surface area contributed by atoms with Crippen molar-refractivity contribution in [1.82, 2.24) is 0 Å². The smallest absolute Gasteiger partial charge is 0.135 e. The van der Waals surface area contributed by atoms with E-state index in [4.69, 9.17) is 0 Å². The van der Waals surface area contributed by atoms with Crippen LogP contribution in [0.1, 0.15) is 40.0 Å². The minimum atomic E-state index is -1.31. The zero-order valence-corrected chi connectivity index (χ0v) is 14.0. The Morgan fingerprint density at radius 1 is 0.545 bits per heavy atom. The van der Waals surface area contributed by atoms with Crippen molar-refractivity contribution in [3.8, 4) is 0 Å². The zero-order chi connectivity index (χ0) is 17.6. The summed E-state index contributed by atoms with van der Waals surface area (Å²) in [6.45, 7) is 3.61. The maximum absolute atomic E-state index is 9.83. The summed E-state index contributed by atoms with van der Waals surface area (Å²) >= 11 is 0. The zero-order valence-electron chi connectivity index (χ0n) is 12.2. The molecule has 0 saturated carbocycles. The second-order valence-corrected chi connectivity index (χ2v) is 3.75. The van der Waals surface area contributed by atoms with E-state index in [0.29, 0.717) is 0 Å². The molecule has 0 aliphatic carbocycles. The Morgan fingerprint density at radius 2 is 0.682 bits per heavy atom. The molecule has 0 rings (SSSR count). The fourth-order valence-electron chi connectivity index (χ4n) is 0.610. The summed E-state index contributed by atoms with van der Waals surface area (Å²) < 4.78 is 0. The van der Waals surface area contributed by atoms with E-state index in [-0.39, 0.29) is 37.5 Å². The number of Topliss-reactive ketones (excluding diaryl/α,β-unsaturated/α-hetero) is 3. The molecule has 0 spiro atoms. The number of carbonyl (C=O) groups excluding carboxylic acids is 6. The first-order valence-electron chi connectivity index (χ1n) is 5.46. The van der Waals surface area contributed by atoms with Crippen molar-refractivity contribution in [2.45, 2.75) is 40.0 Å². The van der Waals surface area contributed by atoms with Gasteiger partial charge < -0.3 is 29.7 Å². The topological polar surface area (TPSA) is 172 Å². The average molecular weight is 401 g/mol. The molecule has 0 N–H and O–H groups in total. The predicted molar refractivity (Wildman–Crippen MR) is 60.9 cm³/mol. The van der Waals surface area contributed by atoms with E-state index < -0.39 is 37.2 Å². The quantitative estimate of drug-likeness (QED) is 0.404. The van der Waals surface area contributed by atoms with Gasteiger partial charge in [0.15, 0.2) is 0 Å². The molecule has 0 aliphatic heterocycles. The second-order valence-electron chi connectivity index (χ2n) is 3.75. The van der Waals surface area contributed by atoms with Crippen molar-refractivity contribution in [2.24, 2.45) is 0 Å². The van der Waals surface area contributed by atoms with Crippen LogP contribution in [-0.4, -0.2) is 35.3 Å². The van der Waals surface area contributed by atoms with E-state index in [2.05, 4.69) is 0 Å². The van der Waals surface area contributed by atoms with Crippen LogP contribution in [0.3, 0.4) is 0 Å². The molecule has 0 unspecified atom stereocenters. The van der Waals surface area contributed by atoms with Crippen LogP contribution in [0.4, 0.5) is 0 Å². The first kappa shape index (κ1) is 28.3. The summed E-state index contributed by atoms with van der Waals surface area (Å²) in [6.07, 6.45) is -1.42. The van der Waals surface area contributed by atoms with Crippen LogP contribution in [0.15, 0.2) is 0 Å². The summed E-state index contributed by atoms with van der Waals surface area (Å²) in [5.41, 5.74) is 0. The Bertz CT molecular complexity index is 317. The van der Waals surface area contributed by atoms with Gasteiger partial charge in [0, 0.05) is 57.3 Å². The van der Waals surface area contributed by atoms with E-state index in [9.17, 15) is 44.1 Å². The first-order valence-corrected chi connectivity index (χ1v) is 5.46. The van der Waals surface area contributed by atoms with Crippen LogP contribution in [0.5, 0.6) is 0 Å². The molecule has 0 aliphatic rings. The molecule has 127 valence electrons. The van der Waals surface area contributed by atoms with Crippen molar-refractivity contribution in [3.63, 3.8) is 0 Å². The molecular weight excluding hydrogens is 386 g/mol. The van der Waals surface area contributed by atoms with Gasteiger partial charge in [0.2, 0.25) is 0 Å². The van der Waals surface area contributed by atoms with Gasteiger partial charge in [-0.25, -0.2) is 0 Å². The molecule has 0 aromatic heterocycles. The predicted octanol–water partition coefficient (Wildman–Crippen LogP) is -3.86. The van der Waals surface area contributed by atoms with Gasteiger partial charge in [-0.3, -0.25) is 14.4 Å². The van der Waals surface area contributed by atoms with Crippen molar-refractivity contribution in [2.75, 3.05) is 0 Å². The summed E-state index contributed by atoms with van der Waals surface area (Å²) in [4.78, 5) is 57.9. The Balaban J connectivity index is -0.000000108. The third kappa shape index (κ3) is 51.9. The summed E-state index contributed by atoms with van der Waals surface area (Å²) in [5, 5.41) is 28.4. The Hall–Kier alpha value is -1.93. The molecular formula is C12H15O9Tc-3. The number of carboxylic acids is 3. The van der Waals surface area contributed by atoms with Crippen molar-refractivity contribution in [1.29, 1.82) is 0 Å². The Labute approximate surface area is 140 Å². The Kier molecular flexibility index (Phi) is 22.0. The van der Waals surface area contributed by atoms with Gasteiger partial charge in [-0.05, 0) is 20.8 Å². The largest absolute Gasteiger partial charge is 0.550 e. The molecule has 1 radical (unpaired) electrons. The molecule has 0 aromatic carbocycles. The minimum absolute atomic E-state index is 0. The van der Waals surface area contributed by atoms with Crippen molar-refractivity contribution >= 4 is 35.3 Å². The normalized spacial score (nSPS) is 7.77. The number of hydrogen-bond donors (Lipinski definition) is 0. The number of hydrogen-bond acceptors (Lipinski definition) is 9. The molecule has 0 aromatic rings. The number of carbonyl (C=O) groups is 6. The number of rotatable bonds is 6. The molecule has 0 fully saturated rings. The number of aliphatic carboxylic acids is 3. The monoisotopic (exact) mass is 400 g/mol. The fraction of sp³-hybridized carbons (Fsp3) is 0.500. The van der Waals surface area contributed by atoms with Crippen molar-refractivity contribution < 1.29 is 64.2 Å². The molecule has 0 amide bonds. The molecule has 0 heterocycles. The van der Waals surface area contributed by atoms with Crippen LogP contribution < -0.4 is 15.3 Å². The van der Waals surface area contributed by atoms with Crippen LogP contribution in [-0.2, 0) is 48.9 Å². The van der Waals surface area contributed by atoms with Crippen LogP contribution in [0.25, 0.3) is 0 Å². The third-order valence-electron chi connectivity index (χ3n) is 1.18. The maximum Gasteiger partial charge on any atom is 0.135 e. The molecule has 0 bridgehead atoms. The molecule has 22 heavy (non-hydrogen) atoms. The second kappa shape index (κ2) is 17.1. The van der Waals surface area contributed by atoms with Crippen LogP contribution in [0.2, 0.25) is 0 Å². The summed E-state index contributed by atoms with van der Waals surface area (Å²) in [5.74, 6) is -5.06. The molecule has 0 atom stereocenters. The fourth-order valence-corrected chi connectivity index (χ4v) is 0.610. The SMILES string of the molecule is CC(=O)CC(=O)[O-].CC(=O)CC(=O)[O-].CC(=O)CC(=O)[O-].[Tc]. The van der Waals surface area contributed by atoms with E-state index in [1.54, 1.807) is 0 Å². The van der Waals surface area contributed by atoms with Gasteiger partial charge in [0.1, 0.15) is 17.3 Å². The average Bonchev–Trinajstić information content (AvgIpc) is 2.10. The standard InChI is InChI=1S/3C4H6O3.Tc/c3*1-3(5)2-4(6)7;/h3*2H2,1H3,(H,6,7);/p-3. The van der Waals surface area contributed by atoms with E-state index >= 15 is 0 Å². The van der Waals surface area contributed by atoms with Gasteiger partial charge in [-0.2, -0.15) is 0 Å². The first-order chi connectivity index (χ1) is 9.38. The van der Waals surface area contributed by atoms with Crippen LogP contribution >= 0.6 is 0 Å². The number of carboxylic acid groups (broad SMARTS) is 3. The molecule has 9 nitrogen and oxygen atoms in total. The molecule has 10 heteroatoms. The van der Waals surface area contributed by atoms with Gasteiger partial charge >= 0.3 is 0 Å². The third-order valence-corrected chi connectivity index (χ3v) is 1.18. The van der Waals surface area contributed by atoms with Gasteiger partial charge in [-0.1, -0.05) is 0 Å². The summed E-state index contributed by atoms with van der Waals surface area (Å²) in [6, 6.07) is 0. The number of ketones is 3. The summed E-state index contributed by atoms with van der Waals surface area (Å²) in [7, 11) is 0. The Morgan fingerprint density at radius 3 is 0.682 bits per heavy atom. The van der Waals surface area contributed by atoms with E-state index in [1.807, 2.05) is 0 Å². The van der Waals surface area contributed by atoms with Gasteiger partial charge in [0.05, 0.1) is 0 Å². The minimum Gasteiger partial charge on any atom is -0.550 e. The van der Waals surface area contributed by atoms with Gasteiger partial charge in [0.25, 0.3) is 0 Å². The molecule has 0 saturated heterocycles. The van der Waals surface area contributed by atoms with E-state index in [0.717, 1.165) is 0 Å². The van der Waals surface area contributed by atoms with Crippen LogP contribution in [0, 0.1) is 0 Å².